The normalized spacial score (nSPS) is 10.2. The highest BCUT2D eigenvalue weighted by Gasteiger charge is 2.05. The molecular formula is C8H15N5S. The first-order valence-corrected chi connectivity index (χ1v) is 5.43. The molecule has 1 aromatic heterocycles. The summed E-state index contributed by atoms with van der Waals surface area (Å²) in [4.78, 5) is 14.1. The Hall–Kier alpha value is -1.04. The highest BCUT2D eigenvalue weighted by molar-refractivity contribution is 7.99. The molecule has 0 amide bonds. The summed E-state index contributed by atoms with van der Waals surface area (Å²) in [6.45, 7) is 2.12. The van der Waals surface area contributed by atoms with Crippen LogP contribution >= 0.6 is 11.8 Å². The van der Waals surface area contributed by atoms with Gasteiger partial charge in [0.25, 0.3) is 0 Å². The van der Waals surface area contributed by atoms with Gasteiger partial charge < -0.3 is 10.6 Å². The van der Waals surface area contributed by atoms with E-state index in [9.17, 15) is 0 Å². The molecule has 0 bridgehead atoms. The van der Waals surface area contributed by atoms with E-state index >= 15 is 0 Å². The van der Waals surface area contributed by atoms with Crippen LogP contribution in [-0.4, -0.2) is 34.8 Å². The Kier molecular flexibility index (Phi) is 3.94. The molecule has 0 aliphatic carbocycles. The fraction of sp³-hybridized carbons (Fsp3) is 0.625. The second-order valence-corrected chi connectivity index (χ2v) is 4.08. The Morgan fingerprint density at radius 1 is 1.29 bits per heavy atom. The van der Waals surface area contributed by atoms with Crippen molar-refractivity contribution in [3.63, 3.8) is 0 Å². The third-order valence-corrected chi connectivity index (χ3v) is 2.51. The van der Waals surface area contributed by atoms with Gasteiger partial charge in [-0.25, -0.2) is 0 Å². The molecule has 1 aromatic rings. The number of anilines is 2. The Bertz CT molecular complexity index is 302. The van der Waals surface area contributed by atoms with Crippen molar-refractivity contribution in [1.82, 2.24) is 15.0 Å². The quantitative estimate of drug-likeness (QED) is 0.753. The van der Waals surface area contributed by atoms with Crippen LogP contribution in [0.5, 0.6) is 0 Å². The first-order chi connectivity index (χ1) is 6.63. The summed E-state index contributed by atoms with van der Waals surface area (Å²) in [7, 11) is 3.76. The molecule has 0 atom stereocenters. The average molecular weight is 213 g/mol. The monoisotopic (exact) mass is 213 g/mol. The van der Waals surface area contributed by atoms with Gasteiger partial charge >= 0.3 is 0 Å². The van der Waals surface area contributed by atoms with Crippen molar-refractivity contribution >= 4 is 23.7 Å². The van der Waals surface area contributed by atoms with Crippen LogP contribution in [0.4, 0.5) is 11.9 Å². The van der Waals surface area contributed by atoms with Crippen LogP contribution in [0.15, 0.2) is 5.16 Å². The van der Waals surface area contributed by atoms with Crippen molar-refractivity contribution in [2.45, 2.75) is 18.5 Å². The van der Waals surface area contributed by atoms with Gasteiger partial charge in [-0.15, -0.1) is 0 Å². The zero-order valence-electron chi connectivity index (χ0n) is 8.69. The van der Waals surface area contributed by atoms with Crippen molar-refractivity contribution in [2.24, 2.45) is 0 Å². The van der Waals surface area contributed by atoms with E-state index in [1.807, 2.05) is 19.0 Å². The summed E-state index contributed by atoms with van der Waals surface area (Å²) in [6.07, 6.45) is 1.09. The Labute approximate surface area is 88.1 Å². The summed E-state index contributed by atoms with van der Waals surface area (Å²) in [5.41, 5.74) is 5.57. The first kappa shape index (κ1) is 11.0. The molecule has 0 radical (unpaired) electrons. The SMILES string of the molecule is CCCSc1nc(N)nc(N(C)C)n1. The number of nitrogen functional groups attached to an aromatic ring is 1. The second kappa shape index (κ2) is 4.99. The van der Waals surface area contributed by atoms with Crippen molar-refractivity contribution in [3.05, 3.63) is 0 Å². The van der Waals surface area contributed by atoms with Gasteiger partial charge in [-0.2, -0.15) is 15.0 Å². The molecule has 6 heteroatoms. The lowest BCUT2D eigenvalue weighted by Crippen LogP contribution is -2.15. The number of hydrogen-bond donors (Lipinski definition) is 1. The number of rotatable bonds is 4. The van der Waals surface area contributed by atoms with E-state index in [1.54, 1.807) is 11.8 Å². The lowest BCUT2D eigenvalue weighted by molar-refractivity contribution is 0.874. The summed E-state index contributed by atoms with van der Waals surface area (Å²) >= 11 is 1.60. The molecule has 0 saturated heterocycles. The van der Waals surface area contributed by atoms with E-state index in [4.69, 9.17) is 5.73 Å². The van der Waals surface area contributed by atoms with Crippen LogP contribution < -0.4 is 10.6 Å². The standard InChI is InChI=1S/C8H15N5S/c1-4-5-14-8-11-6(9)10-7(12-8)13(2)3/h4-5H2,1-3H3,(H2,9,10,11,12). The maximum absolute atomic E-state index is 5.57. The minimum atomic E-state index is 0.280. The number of thioether (sulfide) groups is 1. The van der Waals surface area contributed by atoms with E-state index in [2.05, 4.69) is 21.9 Å². The summed E-state index contributed by atoms with van der Waals surface area (Å²) < 4.78 is 0. The fourth-order valence-electron chi connectivity index (χ4n) is 0.819. The lowest BCUT2D eigenvalue weighted by Gasteiger charge is -2.10. The summed E-state index contributed by atoms with van der Waals surface area (Å²) in [6, 6.07) is 0. The minimum Gasteiger partial charge on any atom is -0.368 e. The van der Waals surface area contributed by atoms with Gasteiger partial charge in [0.05, 0.1) is 0 Å². The smallest absolute Gasteiger partial charge is 0.230 e. The van der Waals surface area contributed by atoms with Crippen LogP contribution in [0.1, 0.15) is 13.3 Å². The zero-order chi connectivity index (χ0) is 10.6. The molecule has 0 aliphatic heterocycles. The third kappa shape index (κ3) is 3.02. The van der Waals surface area contributed by atoms with Gasteiger partial charge in [-0.3, -0.25) is 0 Å². The number of nitrogens with zero attached hydrogens (tertiary/aromatic N) is 4. The second-order valence-electron chi connectivity index (χ2n) is 3.02. The Balaban J connectivity index is 2.84. The third-order valence-electron chi connectivity index (χ3n) is 1.46. The molecule has 1 heterocycles. The van der Waals surface area contributed by atoms with Crippen LogP contribution in [0, 0.1) is 0 Å². The molecule has 0 aromatic carbocycles. The molecule has 0 fully saturated rings. The first-order valence-electron chi connectivity index (χ1n) is 4.45. The van der Waals surface area contributed by atoms with Crippen LogP contribution in [0.25, 0.3) is 0 Å². The zero-order valence-corrected chi connectivity index (χ0v) is 9.51. The lowest BCUT2D eigenvalue weighted by atomic mass is 10.6. The van der Waals surface area contributed by atoms with Gasteiger partial charge in [0.2, 0.25) is 11.9 Å². The van der Waals surface area contributed by atoms with E-state index in [0.29, 0.717) is 11.1 Å². The number of aromatic nitrogens is 3. The maximum atomic E-state index is 5.57. The average Bonchev–Trinajstić information content (AvgIpc) is 2.14. The van der Waals surface area contributed by atoms with Crippen molar-refractivity contribution < 1.29 is 0 Å². The molecule has 5 nitrogen and oxygen atoms in total. The van der Waals surface area contributed by atoms with Crippen molar-refractivity contribution in [2.75, 3.05) is 30.5 Å². The van der Waals surface area contributed by atoms with Gasteiger partial charge in [-0.05, 0) is 6.42 Å². The molecule has 14 heavy (non-hydrogen) atoms. The highest BCUT2D eigenvalue weighted by Crippen LogP contribution is 2.16. The highest BCUT2D eigenvalue weighted by atomic mass is 32.2. The molecule has 78 valence electrons. The minimum absolute atomic E-state index is 0.280. The van der Waals surface area contributed by atoms with Gasteiger partial charge in [0, 0.05) is 19.8 Å². The van der Waals surface area contributed by atoms with Crippen molar-refractivity contribution in [1.29, 1.82) is 0 Å². The molecular weight excluding hydrogens is 198 g/mol. The van der Waals surface area contributed by atoms with Crippen molar-refractivity contribution in [3.8, 4) is 0 Å². The molecule has 0 saturated carbocycles. The Morgan fingerprint density at radius 3 is 2.57 bits per heavy atom. The summed E-state index contributed by atoms with van der Waals surface area (Å²) in [5.74, 6) is 1.88. The number of nitrogens with two attached hydrogens (primary N) is 1. The molecule has 0 unspecified atom stereocenters. The molecule has 0 spiro atoms. The van der Waals surface area contributed by atoms with E-state index in [0.717, 1.165) is 12.2 Å². The van der Waals surface area contributed by atoms with E-state index < -0.39 is 0 Å². The molecule has 0 aliphatic rings. The van der Waals surface area contributed by atoms with E-state index in [1.165, 1.54) is 0 Å². The fourth-order valence-corrected chi connectivity index (χ4v) is 1.51. The van der Waals surface area contributed by atoms with Crippen LogP contribution in [0.2, 0.25) is 0 Å². The predicted molar refractivity (Wildman–Crippen MR) is 59.6 cm³/mol. The topological polar surface area (TPSA) is 67.9 Å². The molecule has 1 rings (SSSR count). The maximum Gasteiger partial charge on any atom is 0.230 e. The predicted octanol–water partition coefficient (Wildman–Crippen LogP) is 1.02. The van der Waals surface area contributed by atoms with Gasteiger partial charge in [0.1, 0.15) is 0 Å². The van der Waals surface area contributed by atoms with Crippen LogP contribution in [0.3, 0.4) is 0 Å². The number of hydrogen-bond acceptors (Lipinski definition) is 6. The van der Waals surface area contributed by atoms with Gasteiger partial charge in [0.15, 0.2) is 5.16 Å². The van der Waals surface area contributed by atoms with Gasteiger partial charge in [-0.1, -0.05) is 18.7 Å². The Morgan fingerprint density at radius 2 is 2.00 bits per heavy atom. The summed E-state index contributed by atoms with van der Waals surface area (Å²) in [5, 5.41) is 0.697. The molecule has 2 N–H and O–H groups in total. The van der Waals surface area contributed by atoms with E-state index in [-0.39, 0.29) is 5.95 Å². The largest absolute Gasteiger partial charge is 0.368 e. The van der Waals surface area contributed by atoms with Crippen LogP contribution in [-0.2, 0) is 0 Å².